The molecule has 2 N–H and O–H groups in total. The summed E-state index contributed by atoms with van der Waals surface area (Å²) in [5.41, 5.74) is 0.769. The largest absolute Gasteiger partial charge is 0.493 e. The van der Waals surface area contributed by atoms with E-state index in [-0.39, 0.29) is 0 Å². The summed E-state index contributed by atoms with van der Waals surface area (Å²) in [7, 11) is 3.80. The minimum atomic E-state index is 0.458. The van der Waals surface area contributed by atoms with E-state index in [2.05, 4.69) is 32.5 Å². The first-order valence-corrected chi connectivity index (χ1v) is 9.84. The number of allylic oxidation sites excluding steroid dienone is 1. The van der Waals surface area contributed by atoms with Gasteiger partial charge in [-0.1, -0.05) is 6.08 Å². The Morgan fingerprint density at radius 2 is 2.07 bits per heavy atom. The number of likely N-dealkylation sites (tertiary alicyclic amines) is 1. The number of methoxy groups -OCH3 is 1. The topological polar surface area (TPSA) is 71.5 Å². The summed E-state index contributed by atoms with van der Waals surface area (Å²) >= 11 is 5.28. The van der Waals surface area contributed by atoms with E-state index in [0.29, 0.717) is 35.0 Å². The van der Waals surface area contributed by atoms with Crippen molar-refractivity contribution in [3.63, 3.8) is 0 Å². The first-order valence-electron chi connectivity index (χ1n) is 9.43. The third kappa shape index (κ3) is 5.08. The normalized spacial score (nSPS) is 15.7. The number of fused-ring (bicyclic) bond motifs is 1. The minimum Gasteiger partial charge on any atom is -0.493 e. The van der Waals surface area contributed by atoms with Gasteiger partial charge in [0.25, 0.3) is 0 Å². The highest BCUT2D eigenvalue weighted by atomic mass is 32.1. The molecular weight excluding hydrogens is 374 g/mol. The second kappa shape index (κ2) is 9.66. The van der Waals surface area contributed by atoms with Crippen LogP contribution in [-0.4, -0.2) is 53.8 Å². The van der Waals surface area contributed by atoms with Gasteiger partial charge in [0.15, 0.2) is 16.6 Å². The van der Waals surface area contributed by atoms with Crippen LogP contribution in [0, 0.1) is 5.92 Å². The van der Waals surface area contributed by atoms with Gasteiger partial charge >= 0.3 is 0 Å². The van der Waals surface area contributed by atoms with E-state index in [1.807, 2.05) is 25.1 Å². The lowest BCUT2D eigenvalue weighted by Gasteiger charge is -2.28. The highest BCUT2D eigenvalue weighted by Crippen LogP contribution is 2.34. The molecule has 1 aromatic carbocycles. The summed E-state index contributed by atoms with van der Waals surface area (Å²) in [6.07, 6.45) is 7.44. The van der Waals surface area contributed by atoms with E-state index in [4.69, 9.17) is 21.7 Å². The fraction of sp³-hybridized carbons (Fsp3) is 0.450. The summed E-state index contributed by atoms with van der Waals surface area (Å²) in [4.78, 5) is 11.0. The molecule has 0 spiro atoms. The molecule has 0 amide bonds. The zero-order chi connectivity index (χ0) is 19.9. The van der Waals surface area contributed by atoms with E-state index in [9.17, 15) is 0 Å². The Labute approximate surface area is 171 Å². The number of nitrogens with zero attached hydrogens (tertiary/aromatic N) is 3. The molecule has 7 nitrogen and oxygen atoms in total. The summed E-state index contributed by atoms with van der Waals surface area (Å²) < 4.78 is 11.7. The van der Waals surface area contributed by atoms with Crippen LogP contribution in [0.2, 0.25) is 0 Å². The molecule has 1 aromatic heterocycles. The van der Waals surface area contributed by atoms with Crippen LogP contribution in [-0.2, 0) is 0 Å². The fourth-order valence-electron chi connectivity index (χ4n) is 3.17. The van der Waals surface area contributed by atoms with Crippen LogP contribution in [0.1, 0.15) is 19.8 Å². The molecule has 0 radical (unpaired) electrons. The maximum atomic E-state index is 6.11. The third-order valence-electron chi connectivity index (χ3n) is 4.85. The van der Waals surface area contributed by atoms with E-state index < -0.39 is 0 Å². The van der Waals surface area contributed by atoms with Crippen molar-refractivity contribution in [2.24, 2.45) is 5.92 Å². The van der Waals surface area contributed by atoms with Crippen molar-refractivity contribution in [3.05, 3.63) is 30.7 Å². The number of rotatable bonds is 6. The van der Waals surface area contributed by atoms with Gasteiger partial charge in [-0.3, -0.25) is 0 Å². The molecule has 3 rings (SSSR count). The number of nitrogens with one attached hydrogen (secondary N) is 2. The molecule has 2 heterocycles. The number of benzene rings is 1. The Balaban J connectivity index is 1.78. The maximum absolute atomic E-state index is 6.11. The standard InChI is InChI=1S/C20H27N5O2S/c1-4-7-21-20(28)24-19-15-10-17(26-3)18(11-16(15)22-13-23-19)27-12-14-5-8-25(2)9-6-14/h4,7,10-11,13-14H,5-6,8-9,12H2,1-3H3,(H2,21,22,23,24,28)/b7-4+. The lowest BCUT2D eigenvalue weighted by molar-refractivity contribution is 0.157. The van der Waals surface area contributed by atoms with Gasteiger partial charge in [0.2, 0.25) is 0 Å². The molecule has 0 atom stereocenters. The molecule has 8 heteroatoms. The van der Waals surface area contributed by atoms with Gasteiger partial charge in [-0.05, 0) is 70.3 Å². The molecule has 0 unspecified atom stereocenters. The van der Waals surface area contributed by atoms with Gasteiger partial charge in [0.05, 0.1) is 19.2 Å². The maximum Gasteiger partial charge on any atom is 0.175 e. The third-order valence-corrected chi connectivity index (χ3v) is 5.07. The summed E-state index contributed by atoms with van der Waals surface area (Å²) in [6, 6.07) is 3.79. The number of anilines is 1. The Kier molecular flexibility index (Phi) is 7.00. The second-order valence-electron chi connectivity index (χ2n) is 6.90. The van der Waals surface area contributed by atoms with Gasteiger partial charge in [-0.15, -0.1) is 0 Å². The van der Waals surface area contributed by atoms with Crippen LogP contribution in [0.25, 0.3) is 10.9 Å². The predicted octanol–water partition coefficient (Wildman–Crippen LogP) is 3.18. The Morgan fingerprint density at radius 1 is 1.29 bits per heavy atom. The lowest BCUT2D eigenvalue weighted by atomic mass is 9.98. The Morgan fingerprint density at radius 3 is 2.79 bits per heavy atom. The lowest BCUT2D eigenvalue weighted by Crippen LogP contribution is -2.32. The van der Waals surface area contributed by atoms with Gasteiger partial charge in [-0.2, -0.15) is 0 Å². The Hall–Kier alpha value is -2.45. The van der Waals surface area contributed by atoms with Crippen molar-refractivity contribution >= 4 is 34.1 Å². The molecule has 150 valence electrons. The zero-order valence-corrected chi connectivity index (χ0v) is 17.4. The number of hydrogen-bond donors (Lipinski definition) is 2. The predicted molar refractivity (Wildman–Crippen MR) is 116 cm³/mol. The van der Waals surface area contributed by atoms with E-state index in [1.165, 1.54) is 6.33 Å². The minimum absolute atomic E-state index is 0.458. The number of piperidine rings is 1. The number of aromatic nitrogens is 2. The van der Waals surface area contributed by atoms with Crippen LogP contribution < -0.4 is 20.1 Å². The van der Waals surface area contributed by atoms with Crippen LogP contribution >= 0.6 is 12.2 Å². The second-order valence-corrected chi connectivity index (χ2v) is 7.31. The number of hydrogen-bond acceptors (Lipinski definition) is 6. The van der Waals surface area contributed by atoms with E-state index in [0.717, 1.165) is 36.8 Å². The SMILES string of the molecule is C/C=C/NC(=S)Nc1ncnc2cc(OCC3CCN(C)CC3)c(OC)cc12. The Bertz CT molecular complexity index is 850. The van der Waals surface area contributed by atoms with Gasteiger partial charge in [0, 0.05) is 11.5 Å². The highest BCUT2D eigenvalue weighted by molar-refractivity contribution is 7.80. The quantitative estimate of drug-likeness (QED) is 0.715. The molecular formula is C20H27N5O2S. The van der Waals surface area contributed by atoms with Gasteiger partial charge < -0.3 is 25.0 Å². The van der Waals surface area contributed by atoms with Crippen molar-refractivity contribution in [3.8, 4) is 11.5 Å². The zero-order valence-electron chi connectivity index (χ0n) is 16.6. The van der Waals surface area contributed by atoms with Gasteiger partial charge in [-0.25, -0.2) is 9.97 Å². The molecule has 1 fully saturated rings. The van der Waals surface area contributed by atoms with E-state index >= 15 is 0 Å². The van der Waals surface area contributed by atoms with Crippen LogP contribution in [0.5, 0.6) is 11.5 Å². The van der Waals surface area contributed by atoms with Crippen molar-refractivity contribution in [1.29, 1.82) is 0 Å². The van der Waals surface area contributed by atoms with Crippen molar-refractivity contribution in [2.45, 2.75) is 19.8 Å². The van der Waals surface area contributed by atoms with Crippen LogP contribution in [0.15, 0.2) is 30.7 Å². The molecule has 1 saturated heterocycles. The fourth-order valence-corrected chi connectivity index (χ4v) is 3.34. The first kappa shape index (κ1) is 20.3. The highest BCUT2D eigenvalue weighted by Gasteiger charge is 2.19. The molecule has 2 aromatic rings. The van der Waals surface area contributed by atoms with Gasteiger partial charge in [0.1, 0.15) is 12.1 Å². The van der Waals surface area contributed by atoms with Crippen molar-refractivity contribution < 1.29 is 9.47 Å². The molecule has 1 aliphatic rings. The number of ether oxygens (including phenoxy) is 2. The van der Waals surface area contributed by atoms with Crippen molar-refractivity contribution in [1.82, 2.24) is 20.2 Å². The molecule has 28 heavy (non-hydrogen) atoms. The van der Waals surface area contributed by atoms with Crippen LogP contribution in [0.3, 0.4) is 0 Å². The number of thiocarbonyl (C=S) groups is 1. The van der Waals surface area contributed by atoms with Crippen LogP contribution in [0.4, 0.5) is 5.82 Å². The van der Waals surface area contributed by atoms with Crippen molar-refractivity contribution in [2.75, 3.05) is 39.2 Å². The average Bonchev–Trinajstić information content (AvgIpc) is 2.71. The summed E-state index contributed by atoms with van der Waals surface area (Å²) in [6.45, 7) is 4.83. The summed E-state index contributed by atoms with van der Waals surface area (Å²) in [5.74, 6) is 2.54. The monoisotopic (exact) mass is 401 g/mol. The van der Waals surface area contributed by atoms with E-state index in [1.54, 1.807) is 13.3 Å². The average molecular weight is 402 g/mol. The smallest absolute Gasteiger partial charge is 0.175 e. The molecule has 1 aliphatic heterocycles. The summed E-state index contributed by atoms with van der Waals surface area (Å²) in [5, 5.41) is 7.33. The molecule has 0 saturated carbocycles. The first-order chi connectivity index (χ1) is 13.6. The molecule has 0 aliphatic carbocycles. The molecule has 0 bridgehead atoms.